The molecule has 0 atom stereocenters. The molecule has 0 bridgehead atoms. The van der Waals surface area contributed by atoms with Crippen LogP contribution in [0.15, 0.2) is 75.9 Å². The molecule has 3 aromatic rings. The predicted molar refractivity (Wildman–Crippen MR) is 156 cm³/mol. The molecule has 1 aliphatic heterocycles. The van der Waals surface area contributed by atoms with Crippen molar-refractivity contribution in [3.63, 3.8) is 0 Å². The Balaban J connectivity index is 1.49. The number of methoxy groups -OCH3 is 1. The molecule has 212 valence electrons. The molecule has 0 fully saturated rings. The van der Waals surface area contributed by atoms with E-state index in [1.807, 2.05) is 24.3 Å². The molecule has 0 spiro atoms. The molecule has 2 heterocycles. The number of benzene rings is 2. The number of amides is 3. The number of hydrogen-bond acceptors (Lipinski definition) is 6. The van der Waals surface area contributed by atoms with Gasteiger partial charge in [0.25, 0.3) is 5.91 Å². The molecule has 0 radical (unpaired) electrons. The van der Waals surface area contributed by atoms with Gasteiger partial charge in [-0.05, 0) is 66.9 Å². The summed E-state index contributed by atoms with van der Waals surface area (Å²) in [7, 11) is 1.25. The van der Waals surface area contributed by atoms with Crippen LogP contribution in [0.2, 0.25) is 10.0 Å². The van der Waals surface area contributed by atoms with Crippen LogP contribution in [0.25, 0.3) is 6.08 Å². The Labute approximate surface area is 246 Å². The van der Waals surface area contributed by atoms with E-state index in [1.165, 1.54) is 36.3 Å². The number of carbonyl (C=O) groups excluding carboxylic acids is 4. The first-order valence-corrected chi connectivity index (χ1v) is 13.3. The van der Waals surface area contributed by atoms with Crippen molar-refractivity contribution in [3.8, 4) is 0 Å². The highest BCUT2D eigenvalue weighted by molar-refractivity contribution is 6.43. The minimum Gasteiger partial charge on any atom is -0.465 e. The lowest BCUT2D eigenvalue weighted by atomic mass is 10.0. The molecule has 0 saturated heterocycles. The molecular formula is C30H27Cl2N3O6. The van der Waals surface area contributed by atoms with Crippen molar-refractivity contribution in [1.29, 1.82) is 0 Å². The first kappa shape index (κ1) is 29.6. The second-order valence-corrected chi connectivity index (χ2v) is 10.3. The Morgan fingerprint density at radius 3 is 2.34 bits per heavy atom. The van der Waals surface area contributed by atoms with E-state index in [0.29, 0.717) is 33.8 Å². The largest absolute Gasteiger partial charge is 0.465 e. The smallest absolute Gasteiger partial charge is 0.340 e. The normalized spacial score (nSPS) is 14.2. The van der Waals surface area contributed by atoms with Crippen molar-refractivity contribution in [2.75, 3.05) is 17.3 Å². The highest BCUT2D eigenvalue weighted by Crippen LogP contribution is 2.36. The molecule has 2 aromatic carbocycles. The lowest BCUT2D eigenvalue weighted by Crippen LogP contribution is -2.34. The second kappa shape index (κ2) is 12.4. The van der Waals surface area contributed by atoms with Crippen molar-refractivity contribution in [2.24, 2.45) is 0 Å². The van der Waals surface area contributed by atoms with Crippen LogP contribution < -0.4 is 15.5 Å². The summed E-state index contributed by atoms with van der Waals surface area (Å²) in [6.07, 6.45) is 1.45. The highest BCUT2D eigenvalue weighted by atomic mass is 35.5. The Hall–Kier alpha value is -4.34. The maximum atomic E-state index is 13.5. The summed E-state index contributed by atoms with van der Waals surface area (Å²) in [4.78, 5) is 52.1. The van der Waals surface area contributed by atoms with Gasteiger partial charge in [0.15, 0.2) is 0 Å². The van der Waals surface area contributed by atoms with Crippen LogP contribution in [0.5, 0.6) is 0 Å². The van der Waals surface area contributed by atoms with Crippen LogP contribution in [0, 0.1) is 0 Å². The van der Waals surface area contributed by atoms with E-state index in [1.54, 1.807) is 19.1 Å². The fourth-order valence-corrected chi connectivity index (χ4v) is 4.52. The molecule has 4 rings (SSSR count). The third-order valence-electron chi connectivity index (χ3n) is 6.38. The molecule has 9 nitrogen and oxygen atoms in total. The number of nitrogens with zero attached hydrogens (tertiary/aromatic N) is 1. The van der Waals surface area contributed by atoms with Crippen molar-refractivity contribution < 1.29 is 28.3 Å². The first-order chi connectivity index (χ1) is 19.5. The number of esters is 1. The summed E-state index contributed by atoms with van der Waals surface area (Å²) in [5, 5.41) is 5.44. The van der Waals surface area contributed by atoms with Crippen LogP contribution in [0.3, 0.4) is 0 Å². The summed E-state index contributed by atoms with van der Waals surface area (Å²) in [5.74, 6) is -1.96. The SMILES string of the molecule is COC(=O)C1=C(C)N(c2ccc(C(C)C)cc2)C(=O)/C1=C/c1ccc(CNC(=O)C(=O)Nc2ccc(Cl)c(Cl)c2)o1. The van der Waals surface area contributed by atoms with Crippen LogP contribution in [0.4, 0.5) is 11.4 Å². The van der Waals surface area contributed by atoms with Gasteiger partial charge in [-0.15, -0.1) is 0 Å². The van der Waals surface area contributed by atoms with E-state index in [2.05, 4.69) is 24.5 Å². The van der Waals surface area contributed by atoms with Crippen molar-refractivity contribution in [1.82, 2.24) is 5.32 Å². The number of ether oxygens (including phenoxy) is 1. The standard InChI is InChI=1S/C30H27Cl2N3O6/c1-16(2)18-5-8-20(9-6-18)35-17(3)26(30(39)40-4)23(29(35)38)14-21-10-11-22(41-21)15-33-27(36)28(37)34-19-7-12-24(31)25(32)13-19/h5-14,16H,15H2,1-4H3,(H,33,36)(H,34,37)/b23-14+. The molecule has 3 amide bonds. The van der Waals surface area contributed by atoms with Crippen LogP contribution >= 0.6 is 23.2 Å². The van der Waals surface area contributed by atoms with E-state index in [9.17, 15) is 19.2 Å². The van der Waals surface area contributed by atoms with E-state index in [4.69, 9.17) is 32.4 Å². The number of carbonyl (C=O) groups is 4. The Kier molecular flexibility index (Phi) is 9.00. The van der Waals surface area contributed by atoms with Crippen LogP contribution in [0.1, 0.15) is 43.8 Å². The van der Waals surface area contributed by atoms with Gasteiger partial charge >= 0.3 is 17.8 Å². The fourth-order valence-electron chi connectivity index (χ4n) is 4.22. The number of nitrogens with one attached hydrogen (secondary N) is 2. The predicted octanol–water partition coefficient (Wildman–Crippen LogP) is 5.84. The molecule has 0 aliphatic carbocycles. The Bertz CT molecular complexity index is 1590. The number of furan rings is 1. The van der Waals surface area contributed by atoms with Gasteiger partial charge in [-0.3, -0.25) is 19.3 Å². The zero-order valence-corrected chi connectivity index (χ0v) is 24.2. The Morgan fingerprint density at radius 1 is 1.00 bits per heavy atom. The summed E-state index contributed by atoms with van der Waals surface area (Å²) in [6, 6.07) is 15.1. The average Bonchev–Trinajstić information content (AvgIpc) is 3.50. The van der Waals surface area contributed by atoms with Gasteiger partial charge in [0.2, 0.25) is 0 Å². The van der Waals surface area contributed by atoms with Gasteiger partial charge in [-0.25, -0.2) is 4.79 Å². The number of anilines is 2. The number of halogens is 2. The first-order valence-electron chi connectivity index (χ1n) is 12.6. The molecule has 0 unspecified atom stereocenters. The molecule has 2 N–H and O–H groups in total. The minimum absolute atomic E-state index is 0.0994. The molecule has 1 aromatic heterocycles. The zero-order chi connectivity index (χ0) is 29.8. The zero-order valence-electron chi connectivity index (χ0n) is 22.7. The van der Waals surface area contributed by atoms with Crippen LogP contribution in [-0.4, -0.2) is 30.8 Å². The lowest BCUT2D eigenvalue weighted by Gasteiger charge is -2.18. The summed E-state index contributed by atoms with van der Waals surface area (Å²) < 4.78 is 10.7. The van der Waals surface area contributed by atoms with E-state index >= 15 is 0 Å². The van der Waals surface area contributed by atoms with Gasteiger partial charge in [0.1, 0.15) is 11.5 Å². The summed E-state index contributed by atoms with van der Waals surface area (Å²) in [6.45, 7) is 5.73. The van der Waals surface area contributed by atoms with Crippen LogP contribution in [-0.2, 0) is 30.5 Å². The van der Waals surface area contributed by atoms with Gasteiger partial charge in [0.05, 0.1) is 34.8 Å². The molecule has 0 saturated carbocycles. The van der Waals surface area contributed by atoms with E-state index < -0.39 is 23.7 Å². The molecule has 11 heteroatoms. The van der Waals surface area contributed by atoms with E-state index in [0.717, 1.165) is 5.56 Å². The van der Waals surface area contributed by atoms with Gasteiger partial charge in [-0.1, -0.05) is 49.2 Å². The average molecular weight is 596 g/mol. The number of rotatable bonds is 7. The quantitative estimate of drug-likeness (QED) is 0.201. The van der Waals surface area contributed by atoms with Crippen molar-refractivity contribution in [2.45, 2.75) is 33.2 Å². The third kappa shape index (κ3) is 6.53. The fraction of sp³-hybridized carbons (Fsp3) is 0.200. The topological polar surface area (TPSA) is 118 Å². The summed E-state index contributed by atoms with van der Waals surface area (Å²) in [5.41, 5.74) is 2.69. The number of allylic oxidation sites excluding steroid dienone is 1. The Morgan fingerprint density at radius 2 is 1.71 bits per heavy atom. The third-order valence-corrected chi connectivity index (χ3v) is 7.12. The van der Waals surface area contributed by atoms with Crippen molar-refractivity contribution >= 4 is 64.3 Å². The monoisotopic (exact) mass is 595 g/mol. The maximum Gasteiger partial charge on any atom is 0.340 e. The molecule has 41 heavy (non-hydrogen) atoms. The number of hydrogen-bond donors (Lipinski definition) is 2. The highest BCUT2D eigenvalue weighted by Gasteiger charge is 2.38. The minimum atomic E-state index is -0.904. The van der Waals surface area contributed by atoms with Crippen molar-refractivity contribution in [3.05, 3.63) is 98.6 Å². The van der Waals surface area contributed by atoms with E-state index in [-0.39, 0.29) is 28.5 Å². The molecular weight excluding hydrogens is 569 g/mol. The van der Waals surface area contributed by atoms with Gasteiger partial charge in [0, 0.05) is 17.1 Å². The van der Waals surface area contributed by atoms with Gasteiger partial charge in [-0.2, -0.15) is 0 Å². The second-order valence-electron chi connectivity index (χ2n) is 9.47. The lowest BCUT2D eigenvalue weighted by molar-refractivity contribution is -0.136. The van der Waals surface area contributed by atoms with Gasteiger partial charge < -0.3 is 19.8 Å². The maximum absolute atomic E-state index is 13.5. The molecule has 1 aliphatic rings. The summed E-state index contributed by atoms with van der Waals surface area (Å²) >= 11 is 11.8.